The van der Waals surface area contributed by atoms with Gasteiger partial charge in [0.2, 0.25) is 5.79 Å². The number of nitrogens with zero attached hydrogens (tertiary/aromatic N) is 12. The van der Waals surface area contributed by atoms with Gasteiger partial charge in [-0.1, -0.05) is 20.9 Å². The first-order chi connectivity index (χ1) is 34.0. The van der Waals surface area contributed by atoms with Crippen molar-refractivity contribution in [1.82, 2.24) is 60.0 Å². The van der Waals surface area contributed by atoms with Crippen molar-refractivity contribution in [3.63, 3.8) is 0 Å². The van der Waals surface area contributed by atoms with Gasteiger partial charge < -0.3 is 94.1 Å². The minimum absolute atomic E-state index is 0.0565. The summed E-state index contributed by atoms with van der Waals surface area (Å²) in [5.41, 5.74) is 1.41. The van der Waals surface area contributed by atoms with Gasteiger partial charge in [0.15, 0.2) is 18.9 Å². The second kappa shape index (κ2) is 23.3. The van der Waals surface area contributed by atoms with Gasteiger partial charge in [0.25, 0.3) is 0 Å². The van der Waals surface area contributed by atoms with Crippen LogP contribution in [0.5, 0.6) is 0 Å². The van der Waals surface area contributed by atoms with Crippen molar-refractivity contribution < 1.29 is 94.1 Å². The van der Waals surface area contributed by atoms with Gasteiger partial charge in [-0.05, 0) is 6.92 Å². The molecule has 0 radical (unpaired) electrons. The van der Waals surface area contributed by atoms with E-state index in [0.717, 1.165) is 0 Å². The van der Waals surface area contributed by atoms with Crippen molar-refractivity contribution in [3.05, 3.63) is 47.6 Å². The van der Waals surface area contributed by atoms with Crippen LogP contribution < -0.4 is 0 Å². The molecule has 396 valence electrons. The maximum absolute atomic E-state index is 10.9. The number of alkyl halides is 2. The number of ether oxygens (including phenoxy) is 8. The van der Waals surface area contributed by atoms with Crippen molar-refractivity contribution >= 4 is 23.2 Å². The molecule has 4 aliphatic heterocycles. The molecule has 4 aromatic heterocycles. The van der Waals surface area contributed by atoms with Crippen LogP contribution in [0.2, 0.25) is 0 Å². The maximum Gasteiger partial charge on any atom is 0.214 e. The van der Waals surface area contributed by atoms with Gasteiger partial charge in [-0.15, -0.1) is 43.6 Å². The summed E-state index contributed by atoms with van der Waals surface area (Å²) in [4.78, 5) is 0. The standard InChI is InChI=1S/C38H56Cl2N12O19/c1-2-49-3-18(43-45-49)13-65-35-32(61)30(59)26(55)21(68-35)8-51-6-19(44-48-51)14-66-36-33(62)29(58)25(54)20(67-36)7-50-4-16(41-46-50)11-64-12-17-5-52(47-42-17)9-22-27(56)34(63)38(15-39,70-22)71-37-31(60)28(57)24(40)23(10-53)69-37/h3-6,20-37,53-63H,2,7-15H2,1H3/t20-,21-,22-,23-,24+,25-,26-,27-,28+,29+,30+,31-,32+,33+,34+,35+,36+,37-,38?/m1/s1. The Kier molecular flexibility index (Phi) is 17.6. The second-order valence-corrected chi connectivity index (χ2v) is 18.1. The molecule has 71 heavy (non-hydrogen) atoms. The topological polar surface area (TPSA) is 419 Å². The van der Waals surface area contributed by atoms with Crippen LogP contribution in [0, 0.1) is 0 Å². The molecule has 4 aliphatic rings. The SMILES string of the molecule is CCn1cc(CO[C@H]2O[C@H](Cn3cc(CO[C@H]4O[C@H](Cn5cc(COCc6cn(C[C@H]7OC(CCl)(O[C@H]8O[C@H](CO)[C@H](Cl)[C@H](O)[C@H]8O)[C@@H](O)[C@@H]7O)nn6)nn5)[C@@H](O)[C@H](O)[C@@H]4O)nn3)[C@@H](O)[C@H](O)[C@@H]2O)nn1. The van der Waals surface area contributed by atoms with Crippen molar-refractivity contribution in [2.75, 3.05) is 12.5 Å². The van der Waals surface area contributed by atoms with Gasteiger partial charge in [-0.2, -0.15) is 0 Å². The quantitative estimate of drug-likeness (QED) is 0.0345. The number of hydrogen-bond acceptors (Lipinski definition) is 27. The molecule has 31 nitrogen and oxygen atoms in total. The highest BCUT2D eigenvalue weighted by Gasteiger charge is 2.58. The van der Waals surface area contributed by atoms with E-state index in [2.05, 4.69) is 41.2 Å². The average Bonchev–Trinajstić information content (AvgIpc) is 4.24. The first kappa shape index (κ1) is 53.7. The van der Waals surface area contributed by atoms with E-state index in [4.69, 9.17) is 61.1 Å². The van der Waals surface area contributed by atoms with Crippen molar-refractivity contribution in [2.24, 2.45) is 0 Å². The molecule has 19 atom stereocenters. The Balaban J connectivity index is 0.782. The van der Waals surface area contributed by atoms with Crippen LogP contribution >= 0.6 is 23.2 Å². The Morgan fingerprint density at radius 1 is 0.535 bits per heavy atom. The fourth-order valence-corrected chi connectivity index (χ4v) is 8.75. The summed E-state index contributed by atoms with van der Waals surface area (Å²) >= 11 is 12.2. The number of aryl methyl sites for hydroxylation is 1. The molecule has 0 bridgehead atoms. The van der Waals surface area contributed by atoms with Gasteiger partial charge in [0.1, 0.15) is 108 Å². The van der Waals surface area contributed by atoms with E-state index in [1.54, 1.807) is 10.9 Å². The fourth-order valence-electron chi connectivity index (χ4n) is 8.18. The predicted molar refractivity (Wildman–Crippen MR) is 226 cm³/mol. The van der Waals surface area contributed by atoms with E-state index in [0.29, 0.717) is 23.6 Å². The third kappa shape index (κ3) is 12.0. The van der Waals surface area contributed by atoms with Crippen molar-refractivity contribution in [3.8, 4) is 0 Å². The van der Waals surface area contributed by atoms with E-state index in [1.807, 2.05) is 6.92 Å². The van der Waals surface area contributed by atoms with Gasteiger partial charge >= 0.3 is 0 Å². The zero-order valence-electron chi connectivity index (χ0n) is 37.6. The van der Waals surface area contributed by atoms with Crippen LogP contribution in [0.25, 0.3) is 0 Å². The van der Waals surface area contributed by atoms with E-state index >= 15 is 0 Å². The van der Waals surface area contributed by atoms with Crippen LogP contribution in [0.15, 0.2) is 24.8 Å². The molecule has 4 saturated heterocycles. The number of hydrogen-bond donors (Lipinski definition) is 11. The Hall–Kier alpha value is -3.62. The normalized spacial score (nSPS) is 37.8. The molecule has 33 heteroatoms. The van der Waals surface area contributed by atoms with E-state index in [1.165, 1.54) is 32.6 Å². The van der Waals surface area contributed by atoms with E-state index < -0.39 is 128 Å². The Bertz CT molecular complexity index is 2300. The monoisotopic (exact) mass is 1050 g/mol. The number of rotatable bonds is 21. The first-order valence-electron chi connectivity index (χ1n) is 22.3. The summed E-state index contributed by atoms with van der Waals surface area (Å²) in [6, 6.07) is 0. The van der Waals surface area contributed by atoms with Crippen molar-refractivity contribution in [2.45, 2.75) is 175 Å². The minimum Gasteiger partial charge on any atom is -0.394 e. The predicted octanol–water partition coefficient (Wildman–Crippen LogP) is -7.04. The zero-order chi connectivity index (χ0) is 50.7. The number of halogens is 2. The molecule has 4 aromatic rings. The molecule has 0 aromatic carbocycles. The molecule has 1 unspecified atom stereocenters. The molecule has 8 rings (SSSR count). The lowest BCUT2D eigenvalue weighted by Crippen LogP contribution is -2.61. The molecule has 8 heterocycles. The van der Waals surface area contributed by atoms with Crippen molar-refractivity contribution in [1.29, 1.82) is 0 Å². The lowest BCUT2D eigenvalue weighted by atomic mass is 9.99. The summed E-state index contributed by atoms with van der Waals surface area (Å²) in [6.07, 6.45) is -19.0. The molecule has 11 N–H and O–H groups in total. The molecular weight excluding hydrogens is 999 g/mol. The lowest BCUT2D eigenvalue weighted by Gasteiger charge is -2.43. The van der Waals surface area contributed by atoms with E-state index in [9.17, 15) is 56.2 Å². The van der Waals surface area contributed by atoms with Gasteiger partial charge in [-0.3, -0.25) is 4.68 Å². The zero-order valence-corrected chi connectivity index (χ0v) is 39.1. The largest absolute Gasteiger partial charge is 0.394 e. The molecule has 4 fully saturated rings. The Morgan fingerprint density at radius 3 is 1.41 bits per heavy atom. The van der Waals surface area contributed by atoms with Crippen LogP contribution in [0.4, 0.5) is 0 Å². The summed E-state index contributed by atoms with van der Waals surface area (Å²) in [6.45, 7) is 0.961. The molecule has 0 spiro atoms. The number of aromatic nitrogens is 12. The third-order valence-electron chi connectivity index (χ3n) is 12.2. The highest BCUT2D eigenvalue weighted by atomic mass is 35.5. The van der Waals surface area contributed by atoms with Gasteiger partial charge in [-0.25, -0.2) is 14.0 Å². The average molecular weight is 1060 g/mol. The Labute approximate surface area is 411 Å². The molecular formula is C38H56Cl2N12O19. The fraction of sp³-hybridized carbons (Fsp3) is 0.789. The minimum atomic E-state index is -2.11. The highest BCUT2D eigenvalue weighted by molar-refractivity contribution is 6.21. The van der Waals surface area contributed by atoms with Crippen LogP contribution in [0.3, 0.4) is 0 Å². The maximum atomic E-state index is 10.9. The summed E-state index contributed by atoms with van der Waals surface area (Å²) < 4.78 is 51.3. The number of aliphatic hydroxyl groups is 11. The van der Waals surface area contributed by atoms with Crippen LogP contribution in [0.1, 0.15) is 29.7 Å². The number of aliphatic hydroxyl groups excluding tert-OH is 11. The summed E-state index contributed by atoms with van der Waals surface area (Å²) in [5.74, 6) is -2.65. The summed E-state index contributed by atoms with van der Waals surface area (Å²) in [7, 11) is 0. The Morgan fingerprint density at radius 2 is 0.958 bits per heavy atom. The second-order valence-electron chi connectivity index (χ2n) is 17.3. The van der Waals surface area contributed by atoms with Gasteiger partial charge in [0, 0.05) is 6.54 Å². The van der Waals surface area contributed by atoms with Gasteiger partial charge in [0.05, 0.1) is 88.7 Å². The smallest absolute Gasteiger partial charge is 0.214 e. The molecule has 0 aliphatic carbocycles. The van der Waals surface area contributed by atoms with E-state index in [-0.39, 0.29) is 51.8 Å². The highest BCUT2D eigenvalue weighted by Crippen LogP contribution is 2.38. The third-order valence-corrected chi connectivity index (χ3v) is 13.1. The molecule has 0 saturated carbocycles. The first-order valence-corrected chi connectivity index (χ1v) is 23.3. The van der Waals surface area contributed by atoms with Crippen LogP contribution in [-0.2, 0) is 90.5 Å². The molecule has 0 amide bonds. The summed E-state index contributed by atoms with van der Waals surface area (Å²) in [5, 5.41) is 147. The van der Waals surface area contributed by atoms with Crippen LogP contribution in [-0.4, -0.2) is 244 Å². The lowest BCUT2D eigenvalue weighted by molar-refractivity contribution is -0.358.